The van der Waals surface area contributed by atoms with Crippen molar-refractivity contribution in [2.75, 3.05) is 0 Å². The monoisotopic (exact) mass is 131 g/mol. The van der Waals surface area contributed by atoms with Crippen LogP contribution in [0.2, 0.25) is 0 Å². The molecule has 0 saturated heterocycles. The molecule has 3 nitrogen and oxygen atoms in total. The van der Waals surface area contributed by atoms with Gasteiger partial charge in [-0.05, 0) is 6.07 Å². The van der Waals surface area contributed by atoms with E-state index in [1.807, 2.05) is 0 Å². The Bertz CT molecular complexity index is 187. The molecule has 10 heavy (non-hydrogen) atoms. The molecular weight excluding hydrogens is 124 g/mol. The average molecular weight is 131 g/mol. The Morgan fingerprint density at radius 2 is 2.20 bits per heavy atom. The van der Waals surface area contributed by atoms with Gasteiger partial charge in [0, 0.05) is 17.9 Å². The van der Waals surface area contributed by atoms with Gasteiger partial charge < -0.3 is 11.5 Å². The average Bonchev–Trinajstić information content (AvgIpc) is 1.90. The summed E-state index contributed by atoms with van der Waals surface area (Å²) in [6.45, 7) is 0. The number of aromatic nitrogens is 1. The van der Waals surface area contributed by atoms with E-state index in [-0.39, 0.29) is 20.3 Å². The van der Waals surface area contributed by atoms with E-state index in [9.17, 15) is 0 Å². The summed E-state index contributed by atoms with van der Waals surface area (Å²) in [4.78, 5) is 3.69. The second-order valence-electron chi connectivity index (χ2n) is 1.66. The molecule has 5 heteroatoms. The Hall–Kier alpha value is -0.268. The first kappa shape index (κ1) is 9.73. The van der Waals surface area contributed by atoms with E-state index in [0.29, 0.717) is 5.46 Å². The molecule has 0 saturated carbocycles. The molecule has 1 aromatic heterocycles. The summed E-state index contributed by atoms with van der Waals surface area (Å²) in [6, 6.07) is 3.24. The van der Waals surface area contributed by atoms with Crippen LogP contribution >= 0.6 is 0 Å². The molecule has 0 aliphatic carbocycles. The second kappa shape index (κ2) is 4.53. The Labute approximate surface area is 72.9 Å². The van der Waals surface area contributed by atoms with Crippen LogP contribution in [0.3, 0.4) is 0 Å². The van der Waals surface area contributed by atoms with Crippen molar-refractivity contribution in [1.29, 1.82) is 0 Å². The van der Waals surface area contributed by atoms with E-state index in [0.717, 1.165) is 0 Å². The molecule has 1 heterocycles. The van der Waals surface area contributed by atoms with Crippen LogP contribution in [-0.4, -0.2) is 22.2 Å². The van der Waals surface area contributed by atoms with Crippen molar-refractivity contribution in [3.63, 3.8) is 0 Å². The molecule has 0 amide bonds. The minimum atomic E-state index is -1.40. The molecule has 1 aromatic rings. The van der Waals surface area contributed by atoms with Gasteiger partial charge in [0.05, 0.1) is 0 Å². The van der Waals surface area contributed by atoms with Crippen molar-refractivity contribution < 1.29 is 30.3 Å². The fourth-order valence-corrected chi connectivity index (χ4v) is 0.529. The summed E-state index contributed by atoms with van der Waals surface area (Å²) < 4.78 is 0. The Morgan fingerprint density at radius 1 is 1.50 bits per heavy atom. The number of nitrogens with zero attached hydrogens (tertiary/aromatic N) is 1. The molecule has 0 aliphatic heterocycles. The van der Waals surface area contributed by atoms with Crippen molar-refractivity contribution in [2.24, 2.45) is 0 Å². The van der Waals surface area contributed by atoms with Gasteiger partial charge in [0.15, 0.2) is 0 Å². The largest absolute Gasteiger partial charge is 1.00 e. The van der Waals surface area contributed by atoms with Crippen molar-refractivity contribution >= 4 is 12.6 Å². The zero-order valence-corrected chi connectivity index (χ0v) is 5.73. The van der Waals surface area contributed by atoms with Crippen molar-refractivity contribution in [2.45, 2.75) is 0 Å². The van der Waals surface area contributed by atoms with Gasteiger partial charge in [-0.15, -0.1) is 0 Å². The first-order chi connectivity index (χ1) is 4.30. The number of rotatable bonds is 1. The molecule has 0 atom stereocenters. The summed E-state index contributed by atoms with van der Waals surface area (Å²) in [7, 11) is -1.40. The van der Waals surface area contributed by atoms with Gasteiger partial charge in [-0.1, -0.05) is 6.07 Å². The molecule has 0 spiro atoms. The third-order valence-electron chi connectivity index (χ3n) is 0.983. The number of pyridine rings is 1. The molecular formula is C5H7BLiNO2. The zero-order chi connectivity index (χ0) is 6.69. The van der Waals surface area contributed by atoms with Crippen LogP contribution in [0.4, 0.5) is 0 Å². The topological polar surface area (TPSA) is 53.4 Å². The quantitative estimate of drug-likeness (QED) is 0.380. The molecule has 0 aromatic carbocycles. The summed E-state index contributed by atoms with van der Waals surface area (Å²) >= 11 is 0. The smallest absolute Gasteiger partial charge is 1.00 e. The molecule has 0 radical (unpaired) electrons. The molecule has 48 valence electrons. The van der Waals surface area contributed by atoms with E-state index in [2.05, 4.69) is 4.98 Å². The number of hydrogen-bond acceptors (Lipinski definition) is 3. The molecule has 0 bridgehead atoms. The van der Waals surface area contributed by atoms with E-state index in [1.54, 1.807) is 18.3 Å². The van der Waals surface area contributed by atoms with E-state index in [1.165, 1.54) is 6.20 Å². The van der Waals surface area contributed by atoms with Gasteiger partial charge in [-0.3, -0.25) is 4.98 Å². The maximum Gasteiger partial charge on any atom is 1.00 e. The van der Waals surface area contributed by atoms with Crippen LogP contribution in [-0.2, 0) is 0 Å². The second-order valence-corrected chi connectivity index (χ2v) is 1.66. The molecule has 0 aliphatic rings. The fourth-order valence-electron chi connectivity index (χ4n) is 0.529. The third-order valence-corrected chi connectivity index (χ3v) is 0.983. The fraction of sp³-hybridized carbons (Fsp3) is 0. The number of hydrogen-bond donors (Lipinski definition) is 2. The van der Waals surface area contributed by atoms with Crippen LogP contribution < -0.4 is 24.3 Å². The van der Waals surface area contributed by atoms with Crippen LogP contribution in [0.1, 0.15) is 1.43 Å². The Morgan fingerprint density at radius 3 is 2.50 bits per heavy atom. The first-order valence-corrected chi connectivity index (χ1v) is 2.57. The molecule has 0 fully saturated rings. The van der Waals surface area contributed by atoms with E-state index in [4.69, 9.17) is 10.0 Å². The maximum atomic E-state index is 8.54. The van der Waals surface area contributed by atoms with E-state index < -0.39 is 7.12 Å². The van der Waals surface area contributed by atoms with Gasteiger partial charge in [0.25, 0.3) is 0 Å². The van der Waals surface area contributed by atoms with Gasteiger partial charge >= 0.3 is 26.0 Å². The third kappa shape index (κ3) is 2.55. The maximum absolute atomic E-state index is 8.54. The Balaban J connectivity index is 0. The summed E-state index contributed by atoms with van der Waals surface area (Å²) in [5, 5.41) is 17.1. The van der Waals surface area contributed by atoms with E-state index >= 15 is 0 Å². The first-order valence-electron chi connectivity index (χ1n) is 2.57. The zero-order valence-electron chi connectivity index (χ0n) is 6.73. The summed E-state index contributed by atoms with van der Waals surface area (Å²) in [5.41, 5.74) is 0.414. The normalized spacial score (nSPS) is 8.20. The van der Waals surface area contributed by atoms with Crippen molar-refractivity contribution in [3.8, 4) is 0 Å². The predicted molar refractivity (Wildman–Crippen MR) is 35.2 cm³/mol. The van der Waals surface area contributed by atoms with Crippen LogP contribution in [0, 0.1) is 0 Å². The van der Waals surface area contributed by atoms with Crippen molar-refractivity contribution in [1.82, 2.24) is 4.98 Å². The minimum Gasteiger partial charge on any atom is -1.00 e. The van der Waals surface area contributed by atoms with Crippen LogP contribution in [0.15, 0.2) is 24.5 Å². The van der Waals surface area contributed by atoms with Gasteiger partial charge in [0.2, 0.25) is 0 Å². The predicted octanol–water partition coefficient (Wildman–Crippen LogP) is -4.12. The van der Waals surface area contributed by atoms with Crippen LogP contribution in [0.5, 0.6) is 0 Å². The SMILES string of the molecule is OB(O)c1cccnc1.[H-].[Li+]. The van der Waals surface area contributed by atoms with Crippen molar-refractivity contribution in [3.05, 3.63) is 24.5 Å². The van der Waals surface area contributed by atoms with Gasteiger partial charge in [-0.25, -0.2) is 0 Å². The van der Waals surface area contributed by atoms with Crippen LogP contribution in [0.25, 0.3) is 0 Å². The standard InChI is InChI=1S/C5H6BNO2.Li.H/c8-6(9)5-2-1-3-7-4-5;;/h1-4,8-9H;;/q;+1;-1. The summed E-state index contributed by atoms with van der Waals surface area (Å²) in [6.07, 6.45) is 2.98. The molecule has 0 unspecified atom stereocenters. The van der Waals surface area contributed by atoms with Gasteiger partial charge in [0.1, 0.15) is 0 Å². The van der Waals surface area contributed by atoms with Gasteiger partial charge in [-0.2, -0.15) is 0 Å². The summed E-state index contributed by atoms with van der Waals surface area (Å²) in [5.74, 6) is 0. The molecule has 2 N–H and O–H groups in total. The minimum absolute atomic E-state index is 0. The molecule has 1 rings (SSSR count). The Kier molecular flexibility index (Phi) is 4.41.